The molecule has 0 heterocycles. The fourth-order valence-electron chi connectivity index (χ4n) is 0.909. The lowest BCUT2D eigenvalue weighted by atomic mass is 10.2. The number of diazo groups is 1. The number of hydrogen-bond acceptors (Lipinski definition) is 2. The van der Waals surface area contributed by atoms with Gasteiger partial charge in [0.2, 0.25) is 5.39 Å². The topological polar surface area (TPSA) is 65.5 Å². The van der Waals surface area contributed by atoms with Crippen LogP contribution < -0.4 is 0 Å². The summed E-state index contributed by atoms with van der Waals surface area (Å²) in [6, 6.07) is 0. The van der Waals surface area contributed by atoms with Crippen molar-refractivity contribution < 1.29 is 9.90 Å². The maximum Gasteiger partial charge on any atom is 0.414 e. The van der Waals surface area contributed by atoms with Crippen LogP contribution in [0.25, 0.3) is 4.98 Å². The van der Waals surface area contributed by atoms with Crippen LogP contribution in [0.15, 0.2) is 0 Å². The summed E-state index contributed by atoms with van der Waals surface area (Å²) in [5.74, 6) is -1.08. The van der Waals surface area contributed by atoms with Crippen LogP contribution in [0.3, 0.4) is 0 Å². The number of benzene rings is 1. The molecule has 1 aromatic carbocycles. The van der Waals surface area contributed by atoms with Gasteiger partial charge in [0.05, 0.1) is 3.57 Å². The van der Waals surface area contributed by atoms with Crippen molar-refractivity contribution >= 4 is 102 Å². The molecule has 0 amide bonds. The second-order valence-corrected chi connectivity index (χ2v) is 6.70. The van der Waals surface area contributed by atoms with Gasteiger partial charge in [-0.25, -0.2) is 4.79 Å². The molecule has 0 saturated heterocycles. The zero-order valence-electron chi connectivity index (χ0n) is 6.76. The summed E-state index contributed by atoms with van der Waals surface area (Å²) in [7, 11) is 0. The molecule has 0 radical (unpaired) electrons. The zero-order valence-corrected chi connectivity index (χ0v) is 15.4. The van der Waals surface area contributed by atoms with Crippen molar-refractivity contribution in [1.29, 1.82) is 5.39 Å². The first-order valence-electron chi connectivity index (χ1n) is 3.36. The highest BCUT2D eigenvalue weighted by Gasteiger charge is 2.31. The molecule has 0 bridgehead atoms. The van der Waals surface area contributed by atoms with Gasteiger partial charge in [-0.05, 0) is 90.4 Å². The average molecular weight is 653 g/mol. The van der Waals surface area contributed by atoms with E-state index in [4.69, 9.17) is 10.5 Å². The smallest absolute Gasteiger partial charge is 0.414 e. The van der Waals surface area contributed by atoms with Crippen molar-refractivity contribution in [1.82, 2.24) is 0 Å². The third kappa shape index (κ3) is 2.65. The number of carboxylic acids is 1. The molecule has 0 saturated carbocycles. The van der Waals surface area contributed by atoms with Crippen LogP contribution in [0.5, 0.6) is 0 Å². The van der Waals surface area contributed by atoms with E-state index in [2.05, 4.69) is 50.2 Å². The Balaban J connectivity index is 3.80. The fourth-order valence-corrected chi connectivity index (χ4v) is 4.41. The molecular weight excluding hydrogens is 652 g/mol. The molecule has 0 aromatic heterocycles. The van der Waals surface area contributed by atoms with Crippen molar-refractivity contribution in [3.63, 3.8) is 0 Å². The summed E-state index contributed by atoms with van der Waals surface area (Å²) >= 11 is 8.10. The fraction of sp³-hybridized carbons (Fsp3) is 0. The minimum Gasteiger partial charge on any atom is -0.477 e. The van der Waals surface area contributed by atoms with Gasteiger partial charge >= 0.3 is 11.7 Å². The molecule has 0 aliphatic rings. The van der Waals surface area contributed by atoms with E-state index in [-0.39, 0.29) is 11.3 Å². The number of carbonyl (C=O) groups is 1. The normalized spacial score (nSPS) is 9.80. The predicted octanol–water partition coefficient (Wildman–Crippen LogP) is 4.29. The molecule has 0 spiro atoms. The Morgan fingerprint density at radius 2 is 1.53 bits per heavy atom. The van der Waals surface area contributed by atoms with E-state index in [1.54, 1.807) is 0 Å². The average Bonchev–Trinajstić information content (AvgIpc) is 2.19. The molecule has 1 aromatic rings. The molecular formula is C7HI4N2O2+. The molecule has 0 unspecified atom stereocenters. The molecule has 8 heteroatoms. The van der Waals surface area contributed by atoms with E-state index in [1.807, 2.05) is 45.2 Å². The van der Waals surface area contributed by atoms with Crippen molar-refractivity contribution in [2.24, 2.45) is 0 Å². The highest BCUT2D eigenvalue weighted by atomic mass is 127. The summed E-state index contributed by atoms with van der Waals surface area (Å²) in [5.41, 5.74) is 0.171. The Morgan fingerprint density at radius 3 is 1.93 bits per heavy atom. The Labute approximate surface area is 140 Å². The van der Waals surface area contributed by atoms with Crippen molar-refractivity contribution in [2.75, 3.05) is 0 Å². The number of carboxylic acid groups (broad SMARTS) is 1. The van der Waals surface area contributed by atoms with Gasteiger partial charge in [0.15, 0.2) is 10.5 Å². The van der Waals surface area contributed by atoms with Crippen molar-refractivity contribution in [3.8, 4) is 0 Å². The molecule has 1 N–H and O–H groups in total. The Kier molecular flexibility index (Phi) is 5.24. The van der Waals surface area contributed by atoms with E-state index in [9.17, 15) is 4.79 Å². The third-order valence-corrected chi connectivity index (χ3v) is 8.94. The number of hydrogen-bond donors (Lipinski definition) is 1. The Bertz CT molecular complexity index is 495. The van der Waals surface area contributed by atoms with E-state index in [1.165, 1.54) is 0 Å². The largest absolute Gasteiger partial charge is 0.477 e. The van der Waals surface area contributed by atoms with E-state index in [0.717, 1.165) is 7.14 Å². The highest BCUT2D eigenvalue weighted by Crippen LogP contribution is 2.37. The van der Waals surface area contributed by atoms with E-state index >= 15 is 0 Å². The minimum absolute atomic E-state index is 0.0484. The van der Waals surface area contributed by atoms with Gasteiger partial charge in [-0.15, -0.1) is 0 Å². The molecule has 0 aliphatic carbocycles. The van der Waals surface area contributed by atoms with Gasteiger partial charge in [-0.1, -0.05) is 0 Å². The maximum atomic E-state index is 11.0. The van der Waals surface area contributed by atoms with Crippen molar-refractivity contribution in [3.05, 3.63) is 24.8 Å². The zero-order chi connectivity index (χ0) is 11.7. The van der Waals surface area contributed by atoms with E-state index < -0.39 is 5.97 Å². The summed E-state index contributed by atoms with van der Waals surface area (Å²) in [4.78, 5) is 14.1. The quantitative estimate of drug-likeness (QED) is 0.213. The Hall–Kier alpha value is 1.03. The van der Waals surface area contributed by atoms with Gasteiger partial charge in [-0.3, -0.25) is 0 Å². The lowest BCUT2D eigenvalue weighted by Gasteiger charge is -2.03. The van der Waals surface area contributed by atoms with Crippen LogP contribution in [0.2, 0.25) is 0 Å². The first kappa shape index (κ1) is 14.1. The molecule has 15 heavy (non-hydrogen) atoms. The highest BCUT2D eigenvalue weighted by molar-refractivity contribution is 14.1. The van der Waals surface area contributed by atoms with Crippen LogP contribution in [0.4, 0.5) is 5.69 Å². The Morgan fingerprint density at radius 1 is 1.07 bits per heavy atom. The van der Waals surface area contributed by atoms with Gasteiger partial charge < -0.3 is 5.11 Å². The first-order chi connectivity index (χ1) is 6.91. The molecule has 78 valence electrons. The standard InChI is InChI=1S/C7I4N2O2/c8-2-1(7(14)15)6(13-12)5(11)4(10)3(2)9/p+1. The molecule has 0 aliphatic heterocycles. The van der Waals surface area contributed by atoms with Gasteiger partial charge in [0, 0.05) is 7.14 Å². The molecule has 0 atom stereocenters. The number of rotatable bonds is 1. The number of halogens is 4. The lowest BCUT2D eigenvalue weighted by molar-refractivity contribution is 0.0697. The van der Waals surface area contributed by atoms with Gasteiger partial charge in [-0.2, -0.15) is 0 Å². The lowest BCUT2D eigenvalue weighted by Crippen LogP contribution is -2.05. The SMILES string of the molecule is N#[N+]c1c(I)c(I)c(I)c(I)c1C(=O)O. The van der Waals surface area contributed by atoms with E-state index in [0.29, 0.717) is 7.14 Å². The van der Waals surface area contributed by atoms with Crippen LogP contribution in [0, 0.1) is 19.7 Å². The van der Waals surface area contributed by atoms with Crippen molar-refractivity contribution in [2.45, 2.75) is 0 Å². The third-order valence-electron chi connectivity index (χ3n) is 1.56. The summed E-state index contributed by atoms with van der Waals surface area (Å²) in [6.07, 6.45) is 0. The van der Waals surface area contributed by atoms with Crippen LogP contribution in [-0.2, 0) is 0 Å². The summed E-state index contributed by atoms with van der Waals surface area (Å²) in [6.45, 7) is 0. The second-order valence-electron chi connectivity index (χ2n) is 2.38. The first-order valence-corrected chi connectivity index (χ1v) is 7.67. The van der Waals surface area contributed by atoms with Gasteiger partial charge in [0.25, 0.3) is 0 Å². The molecule has 1 rings (SSSR count). The second kappa shape index (κ2) is 5.58. The predicted molar refractivity (Wildman–Crippen MR) is 89.0 cm³/mol. The maximum absolute atomic E-state index is 11.0. The summed E-state index contributed by atoms with van der Waals surface area (Å²) in [5, 5.41) is 17.9. The van der Waals surface area contributed by atoms with Crippen LogP contribution >= 0.6 is 90.4 Å². The monoisotopic (exact) mass is 653 g/mol. The molecule has 4 nitrogen and oxygen atoms in total. The van der Waals surface area contributed by atoms with Gasteiger partial charge in [0.1, 0.15) is 3.57 Å². The minimum atomic E-state index is -1.08. The molecule has 0 fully saturated rings. The number of aromatic carboxylic acids is 1. The van der Waals surface area contributed by atoms with Crippen LogP contribution in [0.1, 0.15) is 10.4 Å². The number of nitrogens with zero attached hydrogens (tertiary/aromatic N) is 2. The summed E-state index contributed by atoms with van der Waals surface area (Å²) < 4.78 is 3.01. The van der Waals surface area contributed by atoms with Crippen LogP contribution in [-0.4, -0.2) is 11.1 Å².